The fourth-order valence-corrected chi connectivity index (χ4v) is 2.54. The number of alkyl halides is 1. The minimum atomic E-state index is 0.0957. The first kappa shape index (κ1) is 12.3. The molecule has 0 bridgehead atoms. The van der Waals surface area contributed by atoms with Crippen LogP contribution < -0.4 is 0 Å². The van der Waals surface area contributed by atoms with Crippen molar-refractivity contribution < 1.29 is 4.74 Å². The summed E-state index contributed by atoms with van der Waals surface area (Å²) in [5.41, 5.74) is 0.0957. The summed E-state index contributed by atoms with van der Waals surface area (Å²) in [6, 6.07) is 0. The Morgan fingerprint density at radius 1 is 1.50 bits per heavy atom. The van der Waals surface area contributed by atoms with E-state index in [0.29, 0.717) is 12.0 Å². The van der Waals surface area contributed by atoms with E-state index in [1.165, 1.54) is 12.8 Å². The Hall–Kier alpha value is 0.250. The minimum Gasteiger partial charge on any atom is -0.372 e. The van der Waals surface area contributed by atoms with Gasteiger partial charge in [0.15, 0.2) is 0 Å². The number of ether oxygens (including phenoxy) is 1. The molecule has 0 aliphatic carbocycles. The van der Waals surface area contributed by atoms with Crippen molar-refractivity contribution in [2.45, 2.75) is 70.5 Å². The molecular weight excluding hydrogens is 196 g/mol. The lowest BCUT2D eigenvalue weighted by Gasteiger charge is -2.24. The van der Waals surface area contributed by atoms with Crippen LogP contribution in [-0.4, -0.2) is 17.1 Å². The Morgan fingerprint density at radius 2 is 2.14 bits per heavy atom. The van der Waals surface area contributed by atoms with Crippen LogP contribution in [0.5, 0.6) is 0 Å². The van der Waals surface area contributed by atoms with Gasteiger partial charge in [-0.3, -0.25) is 0 Å². The first-order valence-electron chi connectivity index (χ1n) is 5.76. The van der Waals surface area contributed by atoms with Crippen molar-refractivity contribution in [1.29, 1.82) is 0 Å². The van der Waals surface area contributed by atoms with Gasteiger partial charge >= 0.3 is 0 Å². The predicted octanol–water partition coefficient (Wildman–Crippen LogP) is 3.99. The van der Waals surface area contributed by atoms with E-state index in [4.69, 9.17) is 16.3 Å². The van der Waals surface area contributed by atoms with E-state index in [1.807, 2.05) is 0 Å². The molecular formula is C12H23ClO. The highest BCUT2D eigenvalue weighted by atomic mass is 35.5. The van der Waals surface area contributed by atoms with Crippen LogP contribution in [0.15, 0.2) is 0 Å². The maximum Gasteiger partial charge on any atom is 0.0631 e. The number of rotatable bonds is 4. The minimum absolute atomic E-state index is 0.0957. The Balaban J connectivity index is 2.38. The Morgan fingerprint density at radius 3 is 2.50 bits per heavy atom. The van der Waals surface area contributed by atoms with Crippen LogP contribution in [0.2, 0.25) is 0 Å². The molecule has 3 atom stereocenters. The van der Waals surface area contributed by atoms with Crippen molar-refractivity contribution in [2.24, 2.45) is 5.92 Å². The summed E-state index contributed by atoms with van der Waals surface area (Å²) < 4.78 is 5.97. The molecule has 1 saturated heterocycles. The van der Waals surface area contributed by atoms with Gasteiger partial charge in [0, 0.05) is 5.38 Å². The molecule has 0 aromatic carbocycles. The van der Waals surface area contributed by atoms with Gasteiger partial charge in [0.25, 0.3) is 0 Å². The largest absolute Gasteiger partial charge is 0.372 e. The summed E-state index contributed by atoms with van der Waals surface area (Å²) in [5.74, 6) is 0.607. The topological polar surface area (TPSA) is 9.23 Å². The molecule has 2 heteroatoms. The molecule has 0 aromatic heterocycles. The number of hydrogen-bond donors (Lipinski definition) is 0. The monoisotopic (exact) mass is 218 g/mol. The summed E-state index contributed by atoms with van der Waals surface area (Å²) in [4.78, 5) is 0. The van der Waals surface area contributed by atoms with Crippen molar-refractivity contribution >= 4 is 11.6 Å². The van der Waals surface area contributed by atoms with Crippen LogP contribution in [-0.2, 0) is 4.74 Å². The van der Waals surface area contributed by atoms with Crippen LogP contribution in [0.4, 0.5) is 0 Å². The quantitative estimate of drug-likeness (QED) is 0.649. The van der Waals surface area contributed by atoms with Gasteiger partial charge in [-0.15, -0.1) is 11.6 Å². The highest BCUT2D eigenvalue weighted by Crippen LogP contribution is 2.34. The third-order valence-corrected chi connectivity index (χ3v) is 3.65. The predicted molar refractivity (Wildman–Crippen MR) is 61.9 cm³/mol. The normalized spacial score (nSPS) is 30.2. The summed E-state index contributed by atoms with van der Waals surface area (Å²) >= 11 is 6.14. The number of halogens is 1. The molecule has 14 heavy (non-hydrogen) atoms. The summed E-state index contributed by atoms with van der Waals surface area (Å²) in [5, 5.41) is 0.271. The van der Waals surface area contributed by atoms with E-state index in [-0.39, 0.29) is 11.0 Å². The van der Waals surface area contributed by atoms with Gasteiger partial charge in [0.05, 0.1) is 11.7 Å². The fraction of sp³-hybridized carbons (Fsp3) is 1.00. The van der Waals surface area contributed by atoms with E-state index >= 15 is 0 Å². The van der Waals surface area contributed by atoms with E-state index in [9.17, 15) is 0 Å². The van der Waals surface area contributed by atoms with Gasteiger partial charge in [-0.05, 0) is 46.0 Å². The average Bonchev–Trinajstić information content (AvgIpc) is 2.41. The highest BCUT2D eigenvalue weighted by molar-refractivity contribution is 6.20. The fourth-order valence-electron chi connectivity index (χ4n) is 2.26. The molecule has 1 aliphatic heterocycles. The number of hydrogen-bond acceptors (Lipinski definition) is 1. The first-order chi connectivity index (χ1) is 6.44. The lowest BCUT2D eigenvalue weighted by molar-refractivity contribution is -0.0247. The third kappa shape index (κ3) is 3.43. The molecule has 1 rings (SSSR count). The molecule has 0 radical (unpaired) electrons. The molecule has 1 aliphatic rings. The van der Waals surface area contributed by atoms with Crippen molar-refractivity contribution in [3.63, 3.8) is 0 Å². The van der Waals surface area contributed by atoms with Crippen LogP contribution in [0, 0.1) is 5.92 Å². The zero-order valence-electron chi connectivity index (χ0n) is 9.85. The smallest absolute Gasteiger partial charge is 0.0631 e. The van der Waals surface area contributed by atoms with Crippen molar-refractivity contribution in [3.05, 3.63) is 0 Å². The van der Waals surface area contributed by atoms with E-state index in [2.05, 4.69) is 27.7 Å². The molecule has 0 aromatic rings. The van der Waals surface area contributed by atoms with Gasteiger partial charge in [0.1, 0.15) is 0 Å². The van der Waals surface area contributed by atoms with Crippen LogP contribution in [0.3, 0.4) is 0 Å². The van der Waals surface area contributed by atoms with E-state index in [1.54, 1.807) is 0 Å². The van der Waals surface area contributed by atoms with Gasteiger partial charge < -0.3 is 4.74 Å². The molecule has 84 valence electrons. The van der Waals surface area contributed by atoms with E-state index < -0.39 is 0 Å². The molecule has 1 nitrogen and oxygen atoms in total. The van der Waals surface area contributed by atoms with Gasteiger partial charge in [-0.25, -0.2) is 0 Å². The first-order valence-corrected chi connectivity index (χ1v) is 6.20. The molecule has 0 saturated carbocycles. The van der Waals surface area contributed by atoms with Crippen LogP contribution >= 0.6 is 11.6 Å². The molecule has 0 amide bonds. The third-order valence-electron chi connectivity index (χ3n) is 3.29. The summed E-state index contributed by atoms with van der Waals surface area (Å²) in [7, 11) is 0. The standard InChI is InChI=1S/C12H23ClO/c1-5-10(9(2)13)8-11-6-7-12(3,4)14-11/h9-11H,5-8H2,1-4H3. The summed E-state index contributed by atoms with van der Waals surface area (Å²) in [6.07, 6.45) is 5.11. The Bertz CT molecular complexity index is 177. The van der Waals surface area contributed by atoms with Crippen LogP contribution in [0.25, 0.3) is 0 Å². The van der Waals surface area contributed by atoms with Crippen molar-refractivity contribution in [2.75, 3.05) is 0 Å². The second-order valence-electron chi connectivity index (χ2n) is 5.12. The zero-order chi connectivity index (χ0) is 10.8. The molecule has 1 fully saturated rings. The van der Waals surface area contributed by atoms with Crippen molar-refractivity contribution in [3.8, 4) is 0 Å². The Kier molecular flexibility index (Phi) is 4.27. The molecule has 0 spiro atoms. The lowest BCUT2D eigenvalue weighted by atomic mass is 9.94. The zero-order valence-corrected chi connectivity index (χ0v) is 10.6. The second kappa shape index (κ2) is 4.85. The van der Waals surface area contributed by atoms with Crippen molar-refractivity contribution in [1.82, 2.24) is 0 Å². The van der Waals surface area contributed by atoms with Gasteiger partial charge in [-0.2, -0.15) is 0 Å². The van der Waals surface area contributed by atoms with Gasteiger partial charge in [0.2, 0.25) is 0 Å². The molecule has 0 N–H and O–H groups in total. The lowest BCUT2D eigenvalue weighted by Crippen LogP contribution is -2.23. The van der Waals surface area contributed by atoms with Crippen LogP contribution in [0.1, 0.15) is 53.4 Å². The second-order valence-corrected chi connectivity index (χ2v) is 5.81. The average molecular weight is 219 g/mol. The van der Waals surface area contributed by atoms with E-state index in [0.717, 1.165) is 12.8 Å². The maximum absolute atomic E-state index is 6.14. The molecule has 1 heterocycles. The Labute approximate surface area is 93.2 Å². The highest BCUT2D eigenvalue weighted by Gasteiger charge is 2.33. The SMILES string of the molecule is CCC(CC1CCC(C)(C)O1)C(C)Cl. The molecule has 3 unspecified atom stereocenters. The maximum atomic E-state index is 6.14. The summed E-state index contributed by atoms with van der Waals surface area (Å²) in [6.45, 7) is 8.66. The van der Waals surface area contributed by atoms with Gasteiger partial charge in [-0.1, -0.05) is 13.3 Å².